The third-order valence-corrected chi connectivity index (χ3v) is 3.72. The van der Waals surface area contributed by atoms with E-state index in [1.165, 1.54) is 10.9 Å². The first-order valence-corrected chi connectivity index (χ1v) is 7.63. The zero-order valence-electron chi connectivity index (χ0n) is 13.5. The Hall–Kier alpha value is -2.68. The van der Waals surface area contributed by atoms with Crippen LogP contribution in [0.25, 0.3) is 5.82 Å². The second kappa shape index (κ2) is 7.06. The molecule has 6 nitrogen and oxygen atoms in total. The molecule has 3 heterocycles. The lowest BCUT2D eigenvalue weighted by Gasteiger charge is -2.21. The van der Waals surface area contributed by atoms with Crippen LogP contribution in [0, 0.1) is 0 Å². The summed E-state index contributed by atoms with van der Waals surface area (Å²) in [6.07, 6.45) is 5.05. The molecule has 3 aromatic rings. The minimum absolute atomic E-state index is 0.0711. The minimum atomic E-state index is -4.35. The predicted molar refractivity (Wildman–Crippen MR) is 85.0 cm³/mol. The Bertz CT molecular complexity index is 792. The molecule has 1 atom stereocenters. The van der Waals surface area contributed by atoms with Gasteiger partial charge in [0.05, 0.1) is 6.20 Å². The summed E-state index contributed by atoms with van der Waals surface area (Å²) in [7, 11) is 1.67. The molecule has 3 aromatic heterocycles. The molecule has 0 saturated heterocycles. The number of alkyl halides is 3. The van der Waals surface area contributed by atoms with Gasteiger partial charge in [0.15, 0.2) is 0 Å². The molecular weight excluding hydrogens is 333 g/mol. The van der Waals surface area contributed by atoms with Crippen LogP contribution in [0.2, 0.25) is 0 Å². The van der Waals surface area contributed by atoms with Crippen LogP contribution >= 0.6 is 0 Å². The normalized spacial score (nSPS) is 13.1. The van der Waals surface area contributed by atoms with Gasteiger partial charge in [0, 0.05) is 38.4 Å². The zero-order chi connectivity index (χ0) is 17.9. The fourth-order valence-corrected chi connectivity index (χ4v) is 2.43. The second-order valence-electron chi connectivity index (χ2n) is 5.70. The van der Waals surface area contributed by atoms with Crippen LogP contribution in [-0.4, -0.2) is 36.5 Å². The highest BCUT2D eigenvalue weighted by molar-refractivity contribution is 5.25. The summed E-state index contributed by atoms with van der Waals surface area (Å²) in [6, 6.07) is 1.83. The number of nitrogens with one attached hydrogen (secondary N) is 1. The van der Waals surface area contributed by atoms with Crippen molar-refractivity contribution in [2.75, 3.05) is 0 Å². The number of pyridine rings is 1. The van der Waals surface area contributed by atoms with Gasteiger partial charge >= 0.3 is 6.18 Å². The van der Waals surface area contributed by atoms with E-state index >= 15 is 0 Å². The number of hydrogen-bond donors (Lipinski definition) is 1. The van der Waals surface area contributed by atoms with Crippen molar-refractivity contribution in [1.82, 2.24) is 29.6 Å². The fourth-order valence-electron chi connectivity index (χ4n) is 2.43. The van der Waals surface area contributed by atoms with Crippen LogP contribution in [0.4, 0.5) is 13.2 Å². The Balaban J connectivity index is 1.64. The van der Waals surface area contributed by atoms with Gasteiger partial charge in [-0.25, -0.2) is 9.97 Å². The molecule has 0 bridgehead atoms. The molecule has 0 aliphatic rings. The standard InChI is InChI=1S/C16H17F3N6/c1-24-10-13(9-23-24)6-14(16(17,18)19)21-7-12-2-3-15(22-8-12)25-5-4-20-11-25/h2-5,8-11,14,21H,6-7H2,1H3. The average Bonchev–Trinajstić information content (AvgIpc) is 3.22. The second-order valence-corrected chi connectivity index (χ2v) is 5.70. The number of aromatic nitrogens is 5. The number of nitrogens with zero attached hydrogens (tertiary/aromatic N) is 5. The van der Waals surface area contributed by atoms with Crippen LogP contribution in [-0.2, 0) is 20.0 Å². The third-order valence-electron chi connectivity index (χ3n) is 3.72. The van der Waals surface area contributed by atoms with Gasteiger partial charge in [-0.15, -0.1) is 0 Å². The fraction of sp³-hybridized carbons (Fsp3) is 0.312. The summed E-state index contributed by atoms with van der Waals surface area (Å²) in [5.41, 5.74) is 1.20. The van der Waals surface area contributed by atoms with E-state index in [0.29, 0.717) is 16.9 Å². The molecule has 0 aliphatic carbocycles. The highest BCUT2D eigenvalue weighted by Gasteiger charge is 2.39. The van der Waals surface area contributed by atoms with E-state index in [-0.39, 0.29) is 13.0 Å². The van der Waals surface area contributed by atoms with E-state index in [1.807, 2.05) is 0 Å². The first kappa shape index (κ1) is 17.2. The maximum Gasteiger partial charge on any atom is 0.404 e. The van der Waals surface area contributed by atoms with E-state index in [9.17, 15) is 13.2 Å². The molecule has 132 valence electrons. The molecule has 9 heteroatoms. The zero-order valence-corrected chi connectivity index (χ0v) is 13.5. The average molecular weight is 350 g/mol. The number of halogens is 3. The molecule has 0 amide bonds. The largest absolute Gasteiger partial charge is 0.404 e. The van der Waals surface area contributed by atoms with Gasteiger partial charge < -0.3 is 5.32 Å². The summed E-state index contributed by atoms with van der Waals surface area (Å²) < 4.78 is 43.0. The summed E-state index contributed by atoms with van der Waals surface area (Å²) in [5.74, 6) is 0.656. The van der Waals surface area contributed by atoms with E-state index in [1.54, 1.807) is 54.9 Å². The van der Waals surface area contributed by atoms with Gasteiger partial charge in [-0.1, -0.05) is 6.07 Å². The van der Waals surface area contributed by atoms with E-state index < -0.39 is 12.2 Å². The predicted octanol–water partition coefficient (Wildman–Crippen LogP) is 2.26. The van der Waals surface area contributed by atoms with Crippen LogP contribution in [0.15, 0.2) is 49.4 Å². The van der Waals surface area contributed by atoms with Crippen molar-refractivity contribution in [2.45, 2.75) is 25.2 Å². The molecule has 0 aromatic carbocycles. The van der Waals surface area contributed by atoms with Crippen molar-refractivity contribution >= 4 is 0 Å². The summed E-state index contributed by atoms with van der Waals surface area (Å²) in [4.78, 5) is 8.16. The molecule has 25 heavy (non-hydrogen) atoms. The van der Waals surface area contributed by atoms with Gasteiger partial charge in [0.25, 0.3) is 0 Å². The Labute approximate surface area is 142 Å². The lowest BCUT2D eigenvalue weighted by molar-refractivity contribution is -0.155. The molecule has 1 unspecified atom stereocenters. The number of hydrogen-bond acceptors (Lipinski definition) is 4. The molecular formula is C16H17F3N6. The van der Waals surface area contributed by atoms with Gasteiger partial charge in [0.2, 0.25) is 0 Å². The van der Waals surface area contributed by atoms with E-state index in [2.05, 4.69) is 20.4 Å². The smallest absolute Gasteiger partial charge is 0.302 e. The lowest BCUT2D eigenvalue weighted by Crippen LogP contribution is -2.43. The lowest BCUT2D eigenvalue weighted by atomic mass is 10.1. The summed E-state index contributed by atoms with van der Waals surface area (Å²) >= 11 is 0. The molecule has 0 radical (unpaired) electrons. The topological polar surface area (TPSA) is 60.6 Å². The van der Waals surface area contributed by atoms with Gasteiger partial charge in [-0.05, 0) is 23.6 Å². The number of rotatable bonds is 6. The Kier molecular flexibility index (Phi) is 4.84. The van der Waals surface area contributed by atoms with Gasteiger partial charge in [-0.3, -0.25) is 9.25 Å². The summed E-state index contributed by atoms with van der Waals surface area (Å²) in [5, 5.41) is 6.47. The van der Waals surface area contributed by atoms with Crippen LogP contribution in [0.5, 0.6) is 0 Å². The number of aryl methyl sites for hydroxylation is 1. The molecule has 0 aliphatic heterocycles. The molecule has 1 N–H and O–H groups in total. The highest BCUT2D eigenvalue weighted by atomic mass is 19.4. The Morgan fingerprint density at radius 2 is 2.04 bits per heavy atom. The first-order valence-electron chi connectivity index (χ1n) is 7.63. The molecule has 0 saturated carbocycles. The van der Waals surface area contributed by atoms with Gasteiger partial charge in [-0.2, -0.15) is 18.3 Å². The van der Waals surface area contributed by atoms with Crippen LogP contribution in [0.3, 0.4) is 0 Å². The molecule has 3 rings (SSSR count). The quantitative estimate of drug-likeness (QED) is 0.741. The van der Waals surface area contributed by atoms with Crippen molar-refractivity contribution in [3.63, 3.8) is 0 Å². The maximum absolute atomic E-state index is 13.2. The van der Waals surface area contributed by atoms with Gasteiger partial charge in [0.1, 0.15) is 18.2 Å². The van der Waals surface area contributed by atoms with Crippen molar-refractivity contribution < 1.29 is 13.2 Å². The van der Waals surface area contributed by atoms with Crippen LogP contribution in [0.1, 0.15) is 11.1 Å². The maximum atomic E-state index is 13.2. The summed E-state index contributed by atoms with van der Waals surface area (Å²) in [6.45, 7) is 0.0711. The third kappa shape index (κ3) is 4.44. The van der Waals surface area contributed by atoms with Crippen molar-refractivity contribution in [2.24, 2.45) is 7.05 Å². The van der Waals surface area contributed by atoms with Crippen molar-refractivity contribution in [3.05, 3.63) is 60.6 Å². The highest BCUT2D eigenvalue weighted by Crippen LogP contribution is 2.23. The SMILES string of the molecule is Cn1cc(CC(NCc2ccc(-n3ccnc3)nc2)C(F)(F)F)cn1. The van der Waals surface area contributed by atoms with Crippen molar-refractivity contribution in [3.8, 4) is 5.82 Å². The first-order chi connectivity index (χ1) is 11.9. The Morgan fingerprint density at radius 3 is 2.60 bits per heavy atom. The minimum Gasteiger partial charge on any atom is -0.302 e. The monoisotopic (exact) mass is 350 g/mol. The molecule has 0 spiro atoms. The van der Waals surface area contributed by atoms with Crippen molar-refractivity contribution in [1.29, 1.82) is 0 Å². The van der Waals surface area contributed by atoms with E-state index in [0.717, 1.165) is 0 Å². The Morgan fingerprint density at radius 1 is 1.20 bits per heavy atom. The van der Waals surface area contributed by atoms with E-state index in [4.69, 9.17) is 0 Å². The van der Waals surface area contributed by atoms with Crippen LogP contribution < -0.4 is 5.32 Å². The number of imidazole rings is 1. The molecule has 0 fully saturated rings.